The smallest absolute Gasteiger partial charge is 0.104 e. The Bertz CT molecular complexity index is 555. The number of ether oxygens (including phenoxy) is 1. The minimum absolute atomic E-state index is 0.112. The maximum atomic E-state index is 9.35. The van der Waals surface area contributed by atoms with E-state index in [1.807, 2.05) is 25.1 Å². The number of aliphatic hydroxyl groups excluding tert-OH is 1. The molecule has 0 unspecified atom stereocenters. The summed E-state index contributed by atoms with van der Waals surface area (Å²) < 4.78 is 5.17. The molecule has 5 nitrogen and oxygen atoms in total. The number of nitrogens with one attached hydrogen (secondary N) is 2. The fourth-order valence-corrected chi connectivity index (χ4v) is 2.18. The van der Waals surface area contributed by atoms with Gasteiger partial charge in [-0.3, -0.25) is 0 Å². The highest BCUT2D eigenvalue weighted by molar-refractivity contribution is 5.79. The summed E-state index contributed by atoms with van der Waals surface area (Å²) in [6.07, 6.45) is 0. The molecule has 1 aliphatic rings. The molecule has 0 spiro atoms. The van der Waals surface area contributed by atoms with Gasteiger partial charge in [-0.15, -0.1) is 0 Å². The van der Waals surface area contributed by atoms with Gasteiger partial charge in [-0.25, -0.2) is 4.98 Å². The number of aromatic amines is 1. The molecule has 18 heavy (non-hydrogen) atoms. The van der Waals surface area contributed by atoms with Crippen molar-refractivity contribution in [3.05, 3.63) is 24.0 Å². The lowest BCUT2D eigenvalue weighted by atomic mass is 9.87. The van der Waals surface area contributed by atoms with Crippen molar-refractivity contribution in [2.75, 3.05) is 31.7 Å². The van der Waals surface area contributed by atoms with E-state index in [1.54, 1.807) is 0 Å². The lowest BCUT2D eigenvalue weighted by Crippen LogP contribution is -2.50. The van der Waals surface area contributed by atoms with Gasteiger partial charge in [0, 0.05) is 12.2 Å². The van der Waals surface area contributed by atoms with Gasteiger partial charge in [-0.2, -0.15) is 0 Å². The van der Waals surface area contributed by atoms with E-state index in [1.165, 1.54) is 0 Å². The first-order chi connectivity index (χ1) is 8.71. The molecule has 0 bridgehead atoms. The number of hydrogen-bond donors (Lipinski definition) is 3. The predicted molar refractivity (Wildman–Crippen MR) is 69.7 cm³/mol. The topological polar surface area (TPSA) is 70.2 Å². The zero-order valence-electron chi connectivity index (χ0n) is 10.4. The lowest BCUT2D eigenvalue weighted by Gasteiger charge is -2.40. The molecule has 0 radical (unpaired) electrons. The summed E-state index contributed by atoms with van der Waals surface area (Å²) in [5, 5.41) is 12.7. The highest BCUT2D eigenvalue weighted by Gasteiger charge is 2.37. The quantitative estimate of drug-likeness (QED) is 0.761. The first-order valence-electron chi connectivity index (χ1n) is 6.10. The Morgan fingerprint density at radius 1 is 1.50 bits per heavy atom. The third-order valence-corrected chi connectivity index (χ3v) is 3.42. The van der Waals surface area contributed by atoms with Crippen molar-refractivity contribution in [2.24, 2.45) is 5.41 Å². The van der Waals surface area contributed by atoms with E-state index in [0.717, 1.165) is 29.1 Å². The molecule has 1 aliphatic heterocycles. The fourth-order valence-electron chi connectivity index (χ4n) is 2.18. The van der Waals surface area contributed by atoms with Gasteiger partial charge in [0.05, 0.1) is 36.3 Å². The molecule has 1 fully saturated rings. The van der Waals surface area contributed by atoms with Crippen LogP contribution < -0.4 is 5.32 Å². The third kappa shape index (κ3) is 1.95. The largest absolute Gasteiger partial charge is 0.396 e. The van der Waals surface area contributed by atoms with Gasteiger partial charge in [-0.05, 0) is 25.1 Å². The average molecular weight is 247 g/mol. The zero-order chi connectivity index (χ0) is 12.6. The summed E-state index contributed by atoms with van der Waals surface area (Å²) in [5.74, 6) is 0.918. The number of benzene rings is 1. The normalized spacial score (nSPS) is 17.7. The van der Waals surface area contributed by atoms with Crippen LogP contribution in [-0.4, -0.2) is 41.4 Å². The number of fused-ring (bicyclic) bond motifs is 1. The molecule has 0 amide bonds. The van der Waals surface area contributed by atoms with Crippen LogP contribution in [0.3, 0.4) is 0 Å². The number of aryl methyl sites for hydroxylation is 1. The molecule has 3 N–H and O–H groups in total. The standard InChI is InChI=1S/C13H17N3O2/c1-9-15-11-3-2-10(4-12(11)16-9)14-5-13(6-17)7-18-8-13/h2-4,14,17H,5-8H2,1H3,(H,15,16). The van der Waals surface area contributed by atoms with Gasteiger partial charge in [-0.1, -0.05) is 0 Å². The van der Waals surface area contributed by atoms with E-state index < -0.39 is 0 Å². The van der Waals surface area contributed by atoms with Crippen LogP contribution in [0.5, 0.6) is 0 Å². The second kappa shape index (κ2) is 4.26. The molecule has 3 rings (SSSR count). The number of anilines is 1. The predicted octanol–water partition coefficient (Wildman–Crippen LogP) is 1.29. The van der Waals surface area contributed by atoms with Crippen LogP contribution in [0, 0.1) is 12.3 Å². The number of aliphatic hydroxyl groups is 1. The lowest BCUT2D eigenvalue weighted by molar-refractivity contribution is -0.128. The SMILES string of the molecule is Cc1nc2ccc(NCC3(CO)COC3)cc2[nH]1. The van der Waals surface area contributed by atoms with E-state index in [4.69, 9.17) is 4.74 Å². The molecule has 1 saturated heterocycles. The summed E-state index contributed by atoms with van der Waals surface area (Å²) in [4.78, 5) is 7.58. The molecule has 0 saturated carbocycles. The molecule has 0 atom stereocenters. The number of hydrogen-bond acceptors (Lipinski definition) is 4. The Labute approximate surface area is 105 Å². The minimum Gasteiger partial charge on any atom is -0.396 e. The molecule has 5 heteroatoms. The summed E-state index contributed by atoms with van der Waals surface area (Å²) in [6, 6.07) is 6.04. The maximum Gasteiger partial charge on any atom is 0.104 e. The van der Waals surface area contributed by atoms with Crippen LogP contribution in [0.2, 0.25) is 0 Å². The van der Waals surface area contributed by atoms with Gasteiger partial charge >= 0.3 is 0 Å². The van der Waals surface area contributed by atoms with Crippen molar-refractivity contribution in [2.45, 2.75) is 6.92 Å². The van der Waals surface area contributed by atoms with Crippen molar-refractivity contribution in [1.29, 1.82) is 0 Å². The average Bonchev–Trinajstić information content (AvgIpc) is 2.67. The molecule has 1 aromatic heterocycles. The second-order valence-corrected chi connectivity index (χ2v) is 5.06. The molecule has 96 valence electrons. The number of nitrogens with zero attached hydrogens (tertiary/aromatic N) is 1. The molecular formula is C13H17N3O2. The van der Waals surface area contributed by atoms with Crippen LogP contribution in [0.1, 0.15) is 5.82 Å². The van der Waals surface area contributed by atoms with E-state index in [0.29, 0.717) is 13.2 Å². The Hall–Kier alpha value is -1.59. The van der Waals surface area contributed by atoms with Crippen molar-refractivity contribution in [3.63, 3.8) is 0 Å². The highest BCUT2D eigenvalue weighted by atomic mass is 16.5. The molecule has 0 aliphatic carbocycles. The van der Waals surface area contributed by atoms with Crippen LogP contribution in [0.4, 0.5) is 5.69 Å². The zero-order valence-corrected chi connectivity index (χ0v) is 10.4. The second-order valence-electron chi connectivity index (χ2n) is 5.06. The maximum absolute atomic E-state index is 9.35. The summed E-state index contributed by atoms with van der Waals surface area (Å²) in [6.45, 7) is 4.08. The summed E-state index contributed by atoms with van der Waals surface area (Å²) in [7, 11) is 0. The Morgan fingerprint density at radius 3 is 3.00 bits per heavy atom. The van der Waals surface area contributed by atoms with Crippen molar-refractivity contribution < 1.29 is 9.84 Å². The van der Waals surface area contributed by atoms with E-state index in [2.05, 4.69) is 15.3 Å². The Morgan fingerprint density at radius 2 is 2.33 bits per heavy atom. The van der Waals surface area contributed by atoms with Crippen LogP contribution in [0.15, 0.2) is 18.2 Å². The minimum atomic E-state index is -0.112. The van der Waals surface area contributed by atoms with Crippen LogP contribution in [0.25, 0.3) is 11.0 Å². The molecule has 2 aromatic rings. The van der Waals surface area contributed by atoms with Crippen molar-refractivity contribution in [1.82, 2.24) is 9.97 Å². The summed E-state index contributed by atoms with van der Waals surface area (Å²) >= 11 is 0. The Balaban J connectivity index is 1.74. The molecular weight excluding hydrogens is 230 g/mol. The molecule has 1 aromatic carbocycles. The first-order valence-corrected chi connectivity index (χ1v) is 6.10. The summed E-state index contributed by atoms with van der Waals surface area (Å²) in [5.41, 5.74) is 2.92. The number of rotatable bonds is 4. The highest BCUT2D eigenvalue weighted by Crippen LogP contribution is 2.27. The van der Waals surface area contributed by atoms with Crippen molar-refractivity contribution in [3.8, 4) is 0 Å². The van der Waals surface area contributed by atoms with Gasteiger partial charge in [0.1, 0.15) is 5.82 Å². The van der Waals surface area contributed by atoms with E-state index in [9.17, 15) is 5.11 Å². The van der Waals surface area contributed by atoms with Gasteiger partial charge in [0.2, 0.25) is 0 Å². The van der Waals surface area contributed by atoms with Gasteiger partial charge in [0.15, 0.2) is 0 Å². The number of imidazole rings is 1. The van der Waals surface area contributed by atoms with Crippen LogP contribution in [-0.2, 0) is 4.74 Å². The molecule has 2 heterocycles. The van der Waals surface area contributed by atoms with E-state index >= 15 is 0 Å². The van der Waals surface area contributed by atoms with Gasteiger partial charge in [0.25, 0.3) is 0 Å². The third-order valence-electron chi connectivity index (χ3n) is 3.42. The van der Waals surface area contributed by atoms with E-state index in [-0.39, 0.29) is 12.0 Å². The van der Waals surface area contributed by atoms with Crippen molar-refractivity contribution >= 4 is 16.7 Å². The fraction of sp³-hybridized carbons (Fsp3) is 0.462. The number of H-pyrrole nitrogens is 1. The number of aromatic nitrogens is 2. The van der Waals surface area contributed by atoms with Crippen LogP contribution >= 0.6 is 0 Å². The Kier molecular flexibility index (Phi) is 2.72. The first kappa shape index (κ1) is 11.5. The van der Waals surface area contributed by atoms with Gasteiger partial charge < -0.3 is 20.1 Å². The monoisotopic (exact) mass is 247 g/mol.